The quantitative estimate of drug-likeness (QED) is 0.261. The highest BCUT2D eigenvalue weighted by Gasteiger charge is 2.47. The molecule has 0 saturated carbocycles. The van der Waals surface area contributed by atoms with Crippen molar-refractivity contribution >= 4 is 23.8 Å². The molecule has 2 aromatic rings. The second kappa shape index (κ2) is 12.2. The summed E-state index contributed by atoms with van der Waals surface area (Å²) in [6.07, 6.45) is 1.48. The fourth-order valence-corrected chi connectivity index (χ4v) is 2.80. The van der Waals surface area contributed by atoms with E-state index in [4.69, 9.17) is 14.2 Å². The van der Waals surface area contributed by atoms with Gasteiger partial charge in [0, 0.05) is 24.6 Å². The molecular formula is C25H27NO5. The number of methoxy groups -OCH3 is 1. The van der Waals surface area contributed by atoms with E-state index in [1.807, 2.05) is 30.3 Å². The van der Waals surface area contributed by atoms with Crippen LogP contribution in [0.4, 0.5) is 5.69 Å². The SMILES string of the molecule is CCOC(=O)C(CC#Cc1ccccc1)(CC=Nc1ccc(OC)cc1)C(=O)OCC. The fourth-order valence-electron chi connectivity index (χ4n) is 2.80. The Morgan fingerprint density at radius 3 is 2.13 bits per heavy atom. The molecule has 0 saturated heterocycles. The second-order valence-electron chi connectivity index (χ2n) is 6.58. The Balaban J connectivity index is 2.32. The molecule has 0 amide bonds. The molecule has 0 aliphatic rings. The number of carbonyl (C=O) groups is 2. The third-order valence-corrected chi connectivity index (χ3v) is 4.48. The van der Waals surface area contributed by atoms with Gasteiger partial charge in [-0.1, -0.05) is 30.0 Å². The normalized spacial score (nSPS) is 10.8. The van der Waals surface area contributed by atoms with Crippen LogP contribution in [0.5, 0.6) is 5.75 Å². The molecule has 0 spiro atoms. The monoisotopic (exact) mass is 421 g/mol. The van der Waals surface area contributed by atoms with E-state index in [9.17, 15) is 9.59 Å². The molecule has 6 nitrogen and oxygen atoms in total. The van der Waals surface area contributed by atoms with Crippen molar-refractivity contribution in [3.8, 4) is 17.6 Å². The van der Waals surface area contributed by atoms with Gasteiger partial charge in [-0.05, 0) is 50.2 Å². The molecule has 0 N–H and O–H groups in total. The largest absolute Gasteiger partial charge is 0.497 e. The average Bonchev–Trinajstić information content (AvgIpc) is 2.79. The van der Waals surface area contributed by atoms with Crippen LogP contribution in [-0.4, -0.2) is 38.5 Å². The minimum Gasteiger partial charge on any atom is -0.497 e. The lowest BCUT2D eigenvalue weighted by molar-refractivity contribution is -0.171. The van der Waals surface area contributed by atoms with Gasteiger partial charge in [0.2, 0.25) is 0 Å². The summed E-state index contributed by atoms with van der Waals surface area (Å²) in [6, 6.07) is 16.5. The van der Waals surface area contributed by atoms with Gasteiger partial charge in [0.25, 0.3) is 0 Å². The molecule has 162 valence electrons. The van der Waals surface area contributed by atoms with Gasteiger partial charge in [0.05, 0.1) is 26.0 Å². The van der Waals surface area contributed by atoms with Gasteiger partial charge >= 0.3 is 11.9 Å². The first-order valence-electron chi connectivity index (χ1n) is 10.1. The van der Waals surface area contributed by atoms with Crippen LogP contribution in [0.1, 0.15) is 32.3 Å². The average molecular weight is 421 g/mol. The van der Waals surface area contributed by atoms with Crippen molar-refractivity contribution in [1.29, 1.82) is 0 Å². The Labute approximate surface area is 183 Å². The summed E-state index contributed by atoms with van der Waals surface area (Å²) in [5.74, 6) is 5.32. The predicted molar refractivity (Wildman–Crippen MR) is 119 cm³/mol. The van der Waals surface area contributed by atoms with Gasteiger partial charge in [-0.25, -0.2) is 0 Å². The number of benzene rings is 2. The minimum atomic E-state index is -1.59. The zero-order valence-electron chi connectivity index (χ0n) is 18.1. The summed E-state index contributed by atoms with van der Waals surface area (Å²) in [6.45, 7) is 3.66. The lowest BCUT2D eigenvalue weighted by Gasteiger charge is -2.25. The first-order valence-corrected chi connectivity index (χ1v) is 10.1. The molecule has 0 aliphatic heterocycles. The molecule has 0 bridgehead atoms. The van der Waals surface area contributed by atoms with Crippen molar-refractivity contribution in [2.45, 2.75) is 26.7 Å². The molecule has 0 radical (unpaired) electrons. The van der Waals surface area contributed by atoms with Gasteiger partial charge in [-0.2, -0.15) is 0 Å². The van der Waals surface area contributed by atoms with Crippen LogP contribution in [0, 0.1) is 17.3 Å². The van der Waals surface area contributed by atoms with E-state index in [0.717, 1.165) is 5.56 Å². The molecule has 0 unspecified atom stereocenters. The zero-order chi connectivity index (χ0) is 22.5. The zero-order valence-corrected chi connectivity index (χ0v) is 18.1. The molecule has 0 aromatic heterocycles. The van der Waals surface area contributed by atoms with Gasteiger partial charge < -0.3 is 14.2 Å². The number of rotatable bonds is 9. The van der Waals surface area contributed by atoms with Gasteiger partial charge in [-0.3, -0.25) is 14.6 Å². The van der Waals surface area contributed by atoms with Crippen molar-refractivity contribution in [3.05, 3.63) is 60.2 Å². The molecule has 0 heterocycles. The first-order chi connectivity index (χ1) is 15.1. The number of carbonyl (C=O) groups excluding carboxylic acids is 2. The van der Waals surface area contributed by atoms with Crippen molar-refractivity contribution in [3.63, 3.8) is 0 Å². The van der Waals surface area contributed by atoms with E-state index in [1.54, 1.807) is 45.2 Å². The maximum absolute atomic E-state index is 12.9. The Morgan fingerprint density at radius 2 is 1.58 bits per heavy atom. The lowest BCUT2D eigenvalue weighted by atomic mass is 9.81. The first kappa shape index (κ1) is 23.7. The molecule has 31 heavy (non-hydrogen) atoms. The summed E-state index contributed by atoms with van der Waals surface area (Å²) in [7, 11) is 1.59. The van der Waals surface area contributed by atoms with E-state index >= 15 is 0 Å². The highest BCUT2D eigenvalue weighted by Crippen LogP contribution is 2.30. The van der Waals surface area contributed by atoms with Gasteiger partial charge in [0.15, 0.2) is 5.41 Å². The maximum atomic E-state index is 12.9. The van der Waals surface area contributed by atoms with Crippen molar-refractivity contribution in [1.82, 2.24) is 0 Å². The standard InChI is InChI=1S/C25H27NO5/c1-4-30-23(27)25(24(28)31-5-2,17-9-12-20-10-7-6-8-11-20)18-19-26-21-13-15-22(29-3)16-14-21/h6-8,10-11,13-16,19H,4-5,17-18H2,1-3H3. The van der Waals surface area contributed by atoms with Crippen LogP contribution in [-0.2, 0) is 19.1 Å². The summed E-state index contributed by atoms with van der Waals surface area (Å²) >= 11 is 0. The Bertz CT molecular complexity index is 921. The van der Waals surface area contributed by atoms with Crippen LogP contribution in [0.2, 0.25) is 0 Å². The molecule has 2 rings (SSSR count). The highest BCUT2D eigenvalue weighted by atomic mass is 16.6. The topological polar surface area (TPSA) is 74.2 Å². The van der Waals surface area contributed by atoms with E-state index in [-0.39, 0.29) is 26.1 Å². The van der Waals surface area contributed by atoms with Crippen LogP contribution in [0.15, 0.2) is 59.6 Å². The molecule has 6 heteroatoms. The molecule has 0 aliphatic carbocycles. The third-order valence-electron chi connectivity index (χ3n) is 4.48. The summed E-state index contributed by atoms with van der Waals surface area (Å²) in [5.41, 5.74) is -0.141. The molecule has 2 aromatic carbocycles. The van der Waals surface area contributed by atoms with E-state index < -0.39 is 17.4 Å². The maximum Gasteiger partial charge on any atom is 0.324 e. The highest BCUT2D eigenvalue weighted by molar-refractivity contribution is 6.02. The fraction of sp³-hybridized carbons (Fsp3) is 0.320. The second-order valence-corrected chi connectivity index (χ2v) is 6.58. The molecule has 0 atom stereocenters. The molecular weight excluding hydrogens is 394 g/mol. The van der Waals surface area contributed by atoms with Crippen LogP contribution < -0.4 is 4.74 Å². The van der Waals surface area contributed by atoms with Crippen molar-refractivity contribution in [2.24, 2.45) is 10.4 Å². The van der Waals surface area contributed by atoms with Crippen molar-refractivity contribution in [2.75, 3.05) is 20.3 Å². The number of esters is 2. The van der Waals surface area contributed by atoms with Crippen LogP contribution >= 0.6 is 0 Å². The van der Waals surface area contributed by atoms with Crippen LogP contribution in [0.3, 0.4) is 0 Å². The van der Waals surface area contributed by atoms with E-state index in [1.165, 1.54) is 6.21 Å². The number of nitrogens with zero attached hydrogens (tertiary/aromatic N) is 1. The van der Waals surface area contributed by atoms with Crippen LogP contribution in [0.25, 0.3) is 0 Å². The Hall–Kier alpha value is -3.59. The lowest BCUT2D eigenvalue weighted by Crippen LogP contribution is -2.42. The Kier molecular flexibility index (Phi) is 9.31. The van der Waals surface area contributed by atoms with E-state index in [2.05, 4.69) is 16.8 Å². The number of aliphatic imine (C=N–C) groups is 1. The number of ether oxygens (including phenoxy) is 3. The van der Waals surface area contributed by atoms with Gasteiger partial charge in [-0.15, -0.1) is 0 Å². The molecule has 0 fully saturated rings. The third kappa shape index (κ3) is 6.71. The van der Waals surface area contributed by atoms with E-state index in [0.29, 0.717) is 11.4 Å². The number of hydrogen-bond donors (Lipinski definition) is 0. The summed E-state index contributed by atoms with van der Waals surface area (Å²) in [4.78, 5) is 30.1. The summed E-state index contributed by atoms with van der Waals surface area (Å²) < 4.78 is 15.6. The minimum absolute atomic E-state index is 0.000164. The summed E-state index contributed by atoms with van der Waals surface area (Å²) in [5, 5.41) is 0. The Morgan fingerprint density at radius 1 is 0.968 bits per heavy atom. The van der Waals surface area contributed by atoms with Gasteiger partial charge in [0.1, 0.15) is 5.75 Å². The smallest absolute Gasteiger partial charge is 0.324 e. The number of hydrogen-bond acceptors (Lipinski definition) is 6. The predicted octanol–water partition coefficient (Wildman–Crippen LogP) is 4.34. The van der Waals surface area contributed by atoms with Crippen molar-refractivity contribution < 1.29 is 23.8 Å².